The van der Waals surface area contributed by atoms with Gasteiger partial charge >= 0.3 is 0 Å². The number of benzene rings is 1. The number of fused-ring (bicyclic) bond motifs is 1. The van der Waals surface area contributed by atoms with Gasteiger partial charge in [0.2, 0.25) is 11.8 Å². The number of aromatic nitrogens is 3. The summed E-state index contributed by atoms with van der Waals surface area (Å²) in [5, 5.41) is 6.09. The molecule has 0 fully saturated rings. The Hall–Kier alpha value is -4.14. The van der Waals surface area contributed by atoms with E-state index in [0.717, 1.165) is 6.42 Å². The number of carbonyl (C=O) groups excluding carboxylic acids is 1. The fraction of sp³-hybridized carbons (Fsp3) is 0.333. The summed E-state index contributed by atoms with van der Waals surface area (Å²) in [6.07, 6.45) is 7.26. The van der Waals surface area contributed by atoms with Crippen LogP contribution in [0.2, 0.25) is 0 Å². The van der Waals surface area contributed by atoms with Crippen molar-refractivity contribution in [3.63, 3.8) is 0 Å². The van der Waals surface area contributed by atoms with E-state index in [0.29, 0.717) is 39.7 Å². The van der Waals surface area contributed by atoms with Gasteiger partial charge in [-0.25, -0.2) is 4.98 Å². The summed E-state index contributed by atoms with van der Waals surface area (Å²) in [6, 6.07) is 7.07. The lowest BCUT2D eigenvalue weighted by molar-refractivity contribution is -0.111. The van der Waals surface area contributed by atoms with E-state index in [1.165, 1.54) is 10.6 Å². The molecule has 2 heterocycles. The first-order valence-corrected chi connectivity index (χ1v) is 12.0. The minimum Gasteiger partial charge on any atom is -0.480 e. The molecule has 0 aliphatic carbocycles. The highest BCUT2D eigenvalue weighted by Crippen LogP contribution is 2.25. The Morgan fingerprint density at radius 1 is 1.28 bits per heavy atom. The predicted molar refractivity (Wildman–Crippen MR) is 148 cm³/mol. The zero-order valence-electron chi connectivity index (χ0n) is 22.1. The molecule has 9 heteroatoms. The van der Waals surface area contributed by atoms with Crippen LogP contribution in [0.1, 0.15) is 47.1 Å². The molecule has 3 aromatic rings. The molecule has 0 unspecified atom stereocenters. The number of ether oxygens (including phenoxy) is 1. The second-order valence-corrected chi connectivity index (χ2v) is 7.79. The largest absolute Gasteiger partial charge is 0.480 e. The highest BCUT2D eigenvalue weighted by atomic mass is 16.5. The van der Waals surface area contributed by atoms with Crippen LogP contribution < -0.4 is 16.2 Å². The number of amides is 1. The van der Waals surface area contributed by atoms with Gasteiger partial charge in [-0.15, -0.1) is 0 Å². The summed E-state index contributed by atoms with van der Waals surface area (Å²) in [5.74, 6) is 0.102. The number of rotatable bonds is 8. The molecule has 0 saturated heterocycles. The topological polar surface area (TPSA) is 103 Å². The Labute approximate surface area is 212 Å². The van der Waals surface area contributed by atoms with Gasteiger partial charge in [-0.05, 0) is 44.5 Å². The molecular weight excluding hydrogens is 456 g/mol. The van der Waals surface area contributed by atoms with Crippen molar-refractivity contribution in [2.75, 3.05) is 24.8 Å². The molecule has 2 aromatic heterocycles. The van der Waals surface area contributed by atoms with Crippen LogP contribution in [0.15, 0.2) is 71.0 Å². The standard InChI is InChI=1S/C25H30N6O3.C2H6/c1-7-10-19(24(26-5)34-6)29-20-14-30(18-12-9-11-17(13-18)28-21(32)8-2)25(33)23-22(20)27-15-31(23)16(3)4;1-2/h8-16,29H,2,7H2,1,3-6H3,(H,28,32);1-2H3/b19-10+,26-24?;. The maximum Gasteiger partial charge on any atom is 0.281 e. The van der Waals surface area contributed by atoms with Gasteiger partial charge < -0.3 is 19.9 Å². The molecule has 192 valence electrons. The van der Waals surface area contributed by atoms with Crippen molar-refractivity contribution in [3.05, 3.63) is 71.6 Å². The summed E-state index contributed by atoms with van der Waals surface area (Å²) in [6.45, 7) is 13.5. The lowest BCUT2D eigenvalue weighted by atomic mass is 10.2. The van der Waals surface area contributed by atoms with E-state index >= 15 is 0 Å². The monoisotopic (exact) mass is 492 g/mol. The highest BCUT2D eigenvalue weighted by molar-refractivity contribution is 6.00. The predicted octanol–water partition coefficient (Wildman–Crippen LogP) is 5.30. The van der Waals surface area contributed by atoms with E-state index in [4.69, 9.17) is 4.74 Å². The molecule has 0 aliphatic heterocycles. The molecule has 0 atom stereocenters. The van der Waals surface area contributed by atoms with Gasteiger partial charge in [0.15, 0.2) is 0 Å². The second-order valence-electron chi connectivity index (χ2n) is 7.79. The van der Waals surface area contributed by atoms with Crippen molar-refractivity contribution in [2.24, 2.45) is 4.99 Å². The molecule has 2 N–H and O–H groups in total. The molecule has 0 aliphatic rings. The molecule has 36 heavy (non-hydrogen) atoms. The fourth-order valence-electron chi connectivity index (χ4n) is 3.60. The second kappa shape index (κ2) is 13.1. The number of nitrogens with zero attached hydrogens (tertiary/aromatic N) is 4. The summed E-state index contributed by atoms with van der Waals surface area (Å²) in [7, 11) is 3.21. The molecule has 1 aromatic carbocycles. The van der Waals surface area contributed by atoms with Crippen LogP contribution in [0.5, 0.6) is 0 Å². The molecule has 0 spiro atoms. The summed E-state index contributed by atoms with van der Waals surface area (Å²) >= 11 is 0. The Kier molecular flexibility index (Phi) is 10.2. The van der Waals surface area contributed by atoms with Gasteiger partial charge in [-0.1, -0.05) is 39.5 Å². The Balaban J connectivity index is 0.00000222. The summed E-state index contributed by atoms with van der Waals surface area (Å²) in [4.78, 5) is 34.1. The lowest BCUT2D eigenvalue weighted by Crippen LogP contribution is -2.23. The van der Waals surface area contributed by atoms with Crippen LogP contribution in [0, 0.1) is 0 Å². The van der Waals surface area contributed by atoms with Gasteiger partial charge in [0.1, 0.15) is 11.0 Å². The molecular formula is C27H36N6O3. The van der Waals surface area contributed by atoms with Gasteiger partial charge in [-0.3, -0.25) is 19.1 Å². The third kappa shape index (κ3) is 6.10. The molecule has 3 rings (SSSR count). The van der Waals surface area contributed by atoms with Crippen molar-refractivity contribution in [2.45, 2.75) is 47.1 Å². The van der Waals surface area contributed by atoms with Gasteiger partial charge in [-0.2, -0.15) is 0 Å². The third-order valence-corrected chi connectivity index (χ3v) is 5.17. The Morgan fingerprint density at radius 2 is 2.00 bits per heavy atom. The SMILES string of the molecule is C=CC(=O)Nc1cccc(-n2cc(N/C(=C/CC)C(=NC)OC)c3ncn(C(C)C)c3c2=O)c1.CC. The molecule has 9 nitrogen and oxygen atoms in total. The number of imidazole rings is 1. The molecule has 0 saturated carbocycles. The van der Waals surface area contributed by atoms with E-state index in [9.17, 15) is 9.59 Å². The summed E-state index contributed by atoms with van der Waals surface area (Å²) in [5.41, 5.74) is 3.20. The number of aliphatic imine (C=N–C) groups is 1. The first-order valence-electron chi connectivity index (χ1n) is 12.0. The summed E-state index contributed by atoms with van der Waals surface area (Å²) < 4.78 is 8.80. The van der Waals surface area contributed by atoms with Crippen LogP contribution in [0.3, 0.4) is 0 Å². The van der Waals surface area contributed by atoms with E-state index in [2.05, 4.69) is 27.2 Å². The average Bonchev–Trinajstić information content (AvgIpc) is 3.34. The maximum atomic E-state index is 13.6. The molecule has 0 radical (unpaired) electrons. The number of carbonyl (C=O) groups is 1. The Morgan fingerprint density at radius 3 is 2.58 bits per heavy atom. The van der Waals surface area contributed by atoms with Crippen LogP contribution in [-0.2, 0) is 9.53 Å². The number of hydrogen-bond donors (Lipinski definition) is 2. The van der Waals surface area contributed by atoms with Crippen LogP contribution in [-0.4, -0.2) is 40.1 Å². The zero-order chi connectivity index (χ0) is 26.8. The average molecular weight is 493 g/mol. The van der Waals surface area contributed by atoms with Crippen LogP contribution in [0.4, 0.5) is 11.4 Å². The van der Waals surface area contributed by atoms with Crippen molar-refractivity contribution in [1.29, 1.82) is 0 Å². The number of allylic oxidation sites excluding steroid dienone is 1. The normalized spacial score (nSPS) is 11.7. The highest BCUT2D eigenvalue weighted by Gasteiger charge is 2.19. The van der Waals surface area contributed by atoms with Crippen molar-refractivity contribution in [1.82, 2.24) is 14.1 Å². The quantitative estimate of drug-likeness (QED) is 0.252. The molecule has 0 bridgehead atoms. The van der Waals surface area contributed by atoms with E-state index in [1.807, 2.05) is 45.3 Å². The van der Waals surface area contributed by atoms with Crippen LogP contribution in [0.25, 0.3) is 16.7 Å². The van der Waals surface area contributed by atoms with Crippen molar-refractivity contribution in [3.8, 4) is 5.69 Å². The van der Waals surface area contributed by atoms with Crippen molar-refractivity contribution >= 4 is 34.2 Å². The third-order valence-electron chi connectivity index (χ3n) is 5.17. The lowest BCUT2D eigenvalue weighted by Gasteiger charge is -2.16. The van der Waals surface area contributed by atoms with Gasteiger partial charge in [0.25, 0.3) is 5.56 Å². The van der Waals surface area contributed by atoms with Gasteiger partial charge in [0.05, 0.1) is 30.5 Å². The van der Waals surface area contributed by atoms with Crippen LogP contribution >= 0.6 is 0 Å². The minimum absolute atomic E-state index is 0.0250. The van der Waals surface area contributed by atoms with E-state index in [-0.39, 0.29) is 17.5 Å². The number of pyridine rings is 1. The first kappa shape index (κ1) is 28.1. The minimum atomic E-state index is -0.333. The Bertz CT molecular complexity index is 1330. The van der Waals surface area contributed by atoms with E-state index in [1.54, 1.807) is 50.9 Å². The van der Waals surface area contributed by atoms with Gasteiger partial charge in [0, 0.05) is 25.0 Å². The number of methoxy groups -OCH3 is 1. The van der Waals surface area contributed by atoms with Crippen molar-refractivity contribution < 1.29 is 9.53 Å². The fourth-order valence-corrected chi connectivity index (χ4v) is 3.60. The molecule has 1 amide bonds. The number of nitrogens with one attached hydrogen (secondary N) is 2. The number of anilines is 2. The van der Waals surface area contributed by atoms with E-state index < -0.39 is 0 Å². The maximum absolute atomic E-state index is 13.6. The number of hydrogen-bond acceptors (Lipinski definition) is 6. The zero-order valence-corrected chi connectivity index (χ0v) is 22.1. The smallest absolute Gasteiger partial charge is 0.281 e. The first-order chi connectivity index (χ1) is 17.3.